The van der Waals surface area contributed by atoms with E-state index in [0.717, 1.165) is 0 Å². The molecular formula is C33H24O2. The average molecular weight is 453 g/mol. The Morgan fingerprint density at radius 3 is 1.69 bits per heavy atom. The highest BCUT2D eigenvalue weighted by Crippen LogP contribution is 2.36. The summed E-state index contributed by atoms with van der Waals surface area (Å²) in [6.07, 6.45) is 16.7. The van der Waals surface area contributed by atoms with Crippen molar-refractivity contribution in [2.75, 3.05) is 0 Å². The molecule has 0 saturated carbocycles. The summed E-state index contributed by atoms with van der Waals surface area (Å²) < 4.78 is 0. The van der Waals surface area contributed by atoms with E-state index < -0.39 is 0 Å². The molecule has 2 heteroatoms. The maximum absolute atomic E-state index is 12.6. The first-order valence-corrected chi connectivity index (χ1v) is 11.9. The summed E-state index contributed by atoms with van der Waals surface area (Å²) in [5, 5.41) is 15.3. The number of benzene rings is 4. The number of allylic oxidation sites excluding steroid dienone is 7. The number of carbonyl (C=O) groups excluding carboxylic acids is 1. The quantitative estimate of drug-likeness (QED) is 0.189. The molecule has 0 fully saturated rings. The lowest BCUT2D eigenvalue weighted by Crippen LogP contribution is -2.00. The molecule has 1 N–H and O–H groups in total. The summed E-state index contributed by atoms with van der Waals surface area (Å²) in [7, 11) is 0. The molecule has 0 amide bonds. The Hall–Kier alpha value is -4.43. The van der Waals surface area contributed by atoms with Crippen LogP contribution in [0.1, 0.15) is 34.1 Å². The zero-order valence-electron chi connectivity index (χ0n) is 19.1. The minimum atomic E-state index is -0.238. The Kier molecular flexibility index (Phi) is 5.27. The minimum Gasteiger partial charge on any atom is -0.508 e. The summed E-state index contributed by atoms with van der Waals surface area (Å²) in [6, 6.07) is 25.2. The van der Waals surface area contributed by atoms with Gasteiger partial charge < -0.3 is 5.11 Å². The molecule has 0 saturated heterocycles. The van der Waals surface area contributed by atoms with E-state index in [4.69, 9.17) is 0 Å². The van der Waals surface area contributed by atoms with Crippen molar-refractivity contribution < 1.29 is 9.90 Å². The number of aliphatic hydroxyl groups excluding tert-OH is 1. The Labute approximate surface area is 204 Å². The summed E-state index contributed by atoms with van der Waals surface area (Å²) >= 11 is 0. The third-order valence-electron chi connectivity index (χ3n) is 6.86. The molecule has 6 rings (SSSR count). The summed E-state index contributed by atoms with van der Waals surface area (Å²) in [5.41, 5.74) is 4.80. The normalized spacial score (nSPS) is 18.8. The van der Waals surface area contributed by atoms with Crippen LogP contribution in [0.15, 0.2) is 121 Å². The second-order valence-corrected chi connectivity index (χ2v) is 9.04. The van der Waals surface area contributed by atoms with E-state index in [1.807, 2.05) is 12.2 Å². The fourth-order valence-electron chi connectivity index (χ4n) is 5.23. The molecule has 2 aliphatic rings. The lowest BCUT2D eigenvalue weighted by atomic mass is 9.85. The number of carbonyl (C=O) groups is 1. The van der Waals surface area contributed by atoms with Crippen molar-refractivity contribution in [3.05, 3.63) is 143 Å². The molecule has 0 radical (unpaired) electrons. The van der Waals surface area contributed by atoms with Crippen LogP contribution in [0.25, 0.3) is 33.7 Å². The summed E-state index contributed by atoms with van der Waals surface area (Å²) in [6.45, 7) is 0. The third-order valence-corrected chi connectivity index (χ3v) is 6.86. The molecule has 2 unspecified atom stereocenters. The van der Waals surface area contributed by atoms with Crippen molar-refractivity contribution in [1.82, 2.24) is 0 Å². The van der Waals surface area contributed by atoms with Gasteiger partial charge in [-0.15, -0.1) is 0 Å². The van der Waals surface area contributed by atoms with Gasteiger partial charge in [-0.05, 0) is 56.0 Å². The van der Waals surface area contributed by atoms with E-state index >= 15 is 0 Å². The topological polar surface area (TPSA) is 37.3 Å². The first-order chi connectivity index (χ1) is 17.2. The van der Waals surface area contributed by atoms with Gasteiger partial charge in [0.1, 0.15) is 5.76 Å². The van der Waals surface area contributed by atoms with Crippen molar-refractivity contribution in [2.45, 2.75) is 11.8 Å². The zero-order valence-corrected chi connectivity index (χ0v) is 19.1. The van der Waals surface area contributed by atoms with Gasteiger partial charge in [0.2, 0.25) is 0 Å². The molecule has 0 aromatic heterocycles. The number of hydrogen-bond acceptors (Lipinski definition) is 2. The standard InChI is InChI=1S/C33H24O2/c34-28(19-17-22-13-15-26-7-1-5-24-9-3-11-30(22)32(24)26)21-29(35)20-18-23-14-16-27-8-2-6-25-10-4-12-31(23)33(25)27/h1-23,34H/b19-17+,20-18+,28-21?. The molecule has 35 heavy (non-hydrogen) atoms. The monoisotopic (exact) mass is 452 g/mol. The largest absolute Gasteiger partial charge is 0.508 e. The Balaban J connectivity index is 1.19. The second-order valence-electron chi connectivity index (χ2n) is 9.04. The van der Waals surface area contributed by atoms with E-state index in [1.54, 1.807) is 12.2 Å². The van der Waals surface area contributed by atoms with Crippen molar-refractivity contribution in [1.29, 1.82) is 0 Å². The van der Waals surface area contributed by atoms with Gasteiger partial charge in [0.15, 0.2) is 5.78 Å². The Morgan fingerprint density at radius 1 is 0.657 bits per heavy atom. The van der Waals surface area contributed by atoms with Crippen LogP contribution < -0.4 is 0 Å². The molecule has 4 aromatic carbocycles. The molecule has 2 aliphatic carbocycles. The van der Waals surface area contributed by atoms with Crippen molar-refractivity contribution >= 4 is 39.5 Å². The maximum Gasteiger partial charge on any atom is 0.182 e. The highest BCUT2D eigenvalue weighted by atomic mass is 16.3. The lowest BCUT2D eigenvalue weighted by molar-refractivity contribution is -0.110. The first-order valence-electron chi connectivity index (χ1n) is 11.9. The molecule has 0 heterocycles. The second kappa shape index (κ2) is 8.73. The SMILES string of the molecule is O=C(C=C(O)/C=C/C1C=Cc2cccc3cccc1c23)/C=C/C1C=Cc2cccc3cccc1c23. The van der Waals surface area contributed by atoms with E-state index in [2.05, 4.69) is 97.1 Å². The first kappa shape index (κ1) is 21.1. The van der Waals surface area contributed by atoms with E-state index in [0.29, 0.717) is 0 Å². The van der Waals surface area contributed by atoms with Gasteiger partial charge >= 0.3 is 0 Å². The lowest BCUT2D eigenvalue weighted by Gasteiger charge is -2.18. The molecular weight excluding hydrogens is 428 g/mol. The van der Waals surface area contributed by atoms with Crippen LogP contribution in [0.3, 0.4) is 0 Å². The van der Waals surface area contributed by atoms with Gasteiger partial charge in [0.25, 0.3) is 0 Å². The number of hydrogen-bond donors (Lipinski definition) is 1. The smallest absolute Gasteiger partial charge is 0.182 e. The van der Waals surface area contributed by atoms with Crippen LogP contribution in [0, 0.1) is 0 Å². The number of aliphatic hydroxyl groups is 1. The molecule has 0 spiro atoms. The van der Waals surface area contributed by atoms with Gasteiger partial charge in [-0.25, -0.2) is 0 Å². The molecule has 168 valence electrons. The summed E-state index contributed by atoms with van der Waals surface area (Å²) in [4.78, 5) is 12.6. The van der Waals surface area contributed by atoms with Gasteiger partial charge in [-0.3, -0.25) is 4.79 Å². The van der Waals surface area contributed by atoms with Crippen LogP contribution >= 0.6 is 0 Å². The van der Waals surface area contributed by atoms with Crippen LogP contribution in [-0.2, 0) is 4.79 Å². The van der Waals surface area contributed by atoms with Crippen LogP contribution in [-0.4, -0.2) is 10.9 Å². The summed E-state index contributed by atoms with van der Waals surface area (Å²) in [5.74, 6) is -0.219. The van der Waals surface area contributed by atoms with Crippen LogP contribution in [0.5, 0.6) is 0 Å². The van der Waals surface area contributed by atoms with Gasteiger partial charge in [0.05, 0.1) is 0 Å². The van der Waals surface area contributed by atoms with E-state index in [1.165, 1.54) is 49.9 Å². The fourth-order valence-corrected chi connectivity index (χ4v) is 5.23. The van der Waals surface area contributed by atoms with Crippen molar-refractivity contribution in [3.63, 3.8) is 0 Å². The van der Waals surface area contributed by atoms with Gasteiger partial charge in [-0.2, -0.15) is 0 Å². The predicted molar refractivity (Wildman–Crippen MR) is 145 cm³/mol. The minimum absolute atomic E-state index is 0.0246. The molecule has 0 bridgehead atoms. The third kappa shape index (κ3) is 3.94. The predicted octanol–water partition coefficient (Wildman–Crippen LogP) is 8.04. The van der Waals surface area contributed by atoms with Crippen LogP contribution in [0.2, 0.25) is 0 Å². The van der Waals surface area contributed by atoms with E-state index in [9.17, 15) is 9.90 Å². The van der Waals surface area contributed by atoms with Crippen LogP contribution in [0.4, 0.5) is 0 Å². The maximum atomic E-state index is 12.6. The van der Waals surface area contributed by atoms with Crippen molar-refractivity contribution in [2.24, 2.45) is 0 Å². The fraction of sp³-hybridized carbons (Fsp3) is 0.0606. The van der Waals surface area contributed by atoms with Gasteiger partial charge in [0, 0.05) is 17.9 Å². The van der Waals surface area contributed by atoms with E-state index in [-0.39, 0.29) is 23.4 Å². The zero-order chi connectivity index (χ0) is 23.8. The molecule has 2 nitrogen and oxygen atoms in total. The molecule has 2 atom stereocenters. The number of ketones is 1. The highest BCUT2D eigenvalue weighted by molar-refractivity contribution is 6.00. The van der Waals surface area contributed by atoms with Gasteiger partial charge in [-0.1, -0.05) is 109 Å². The number of rotatable bonds is 5. The Morgan fingerprint density at radius 2 is 1.14 bits per heavy atom. The Bertz CT molecular complexity index is 1620. The molecule has 4 aromatic rings. The van der Waals surface area contributed by atoms with Crippen molar-refractivity contribution in [3.8, 4) is 0 Å². The highest BCUT2D eigenvalue weighted by Gasteiger charge is 2.16. The molecule has 0 aliphatic heterocycles. The average Bonchev–Trinajstić information content (AvgIpc) is 2.88.